The lowest BCUT2D eigenvalue weighted by molar-refractivity contribution is 0.656. The molecular weight excluding hydrogens is 264 g/mol. The lowest BCUT2D eigenvalue weighted by atomic mass is 10.2. The van der Waals surface area contributed by atoms with Gasteiger partial charge in [0, 0.05) is 0 Å². The van der Waals surface area contributed by atoms with Crippen molar-refractivity contribution in [1.82, 2.24) is 0 Å². The van der Waals surface area contributed by atoms with Gasteiger partial charge >= 0.3 is 0 Å². The molecule has 0 bridgehead atoms. The molecule has 0 unspecified atom stereocenters. The van der Waals surface area contributed by atoms with Crippen molar-refractivity contribution in [3.8, 4) is 0 Å². The Bertz CT molecular complexity index is 19.2. The Morgan fingerprint density at radius 1 is 0.273 bits per heavy atom. The first kappa shape index (κ1) is 270. The van der Waals surface area contributed by atoms with Crippen molar-refractivity contribution in [3.05, 3.63) is 0 Å². The van der Waals surface area contributed by atoms with Crippen LogP contribution in [0.5, 0.6) is 0 Å². The summed E-state index contributed by atoms with van der Waals surface area (Å²) in [6, 6.07) is 0. The van der Waals surface area contributed by atoms with Crippen molar-refractivity contribution >= 4 is 0 Å². The van der Waals surface area contributed by atoms with Gasteiger partial charge < -0.3 is 0 Å². The Kier molecular flexibility index (Phi) is 4120. The smallest absolute Gasteiger partial charge is 0.0533 e. The highest BCUT2D eigenvalue weighted by molar-refractivity contribution is 4.35. The third kappa shape index (κ3) is 451. The zero-order valence-electron chi connectivity index (χ0n) is 5.54. The lowest BCUT2D eigenvalue weighted by Gasteiger charge is -1.90. The zero-order valence-corrected chi connectivity index (χ0v) is 5.54. The van der Waals surface area contributed by atoms with E-state index in [-0.39, 0.29) is 111 Å². The predicted molar refractivity (Wildman–Crippen MR) is 135 cm³/mol. The average Bonchev–Trinajstić information content (AvgIpc) is 1.69. The summed E-state index contributed by atoms with van der Waals surface area (Å²) < 4.78 is 0. The Hall–Kier alpha value is 0. The fourth-order valence-corrected chi connectivity index (χ4v) is 0.677. The van der Waals surface area contributed by atoms with Gasteiger partial charge in [-0.15, -0.1) is 0 Å². The highest BCUT2D eigenvalue weighted by Crippen LogP contribution is 2.00. The summed E-state index contributed by atoms with van der Waals surface area (Å²) in [6.07, 6.45) is 7.01. The summed E-state index contributed by atoms with van der Waals surface area (Å²) in [5, 5.41) is 0. The van der Waals surface area contributed by atoms with Crippen molar-refractivity contribution in [3.63, 3.8) is 0 Å². The van der Waals surface area contributed by atoms with Crippen LogP contribution < -0.4 is 0 Å². The van der Waals surface area contributed by atoms with Crippen LogP contribution in [0.1, 0.15) is 157 Å². The van der Waals surface area contributed by atoms with Gasteiger partial charge in [0.1, 0.15) is 0 Å². The van der Waals surface area contributed by atoms with Crippen LogP contribution in [0.4, 0.5) is 0 Å². The molecule has 0 atom stereocenters. The molecule has 0 heteroatoms. The van der Waals surface area contributed by atoms with Crippen LogP contribution >= 0.6 is 0 Å². The van der Waals surface area contributed by atoms with Gasteiger partial charge in [0.25, 0.3) is 0 Å². The highest BCUT2D eigenvalue weighted by Gasteiger charge is 1.80. The largest absolute Gasteiger partial charge is 0.0776 e. The first-order valence-corrected chi connectivity index (χ1v) is 3.41. The fourth-order valence-electron chi connectivity index (χ4n) is 0.677. The van der Waals surface area contributed by atoms with E-state index in [1.807, 2.05) is 0 Å². The Morgan fingerprint density at radius 2 is 0.409 bits per heavy atom. The van der Waals surface area contributed by atoms with Crippen LogP contribution in [0.3, 0.4) is 0 Å². The standard InChI is InChI=1S/C7H16.15CH4/c1-3-5-7-6-4-2;;;;;;;;;;;;;;;/h3-7H2,1-2H3;15*1H4. The molecule has 0 spiro atoms. The van der Waals surface area contributed by atoms with Gasteiger partial charge in [-0.3, -0.25) is 0 Å². The quantitative estimate of drug-likeness (QED) is 0.446. The van der Waals surface area contributed by atoms with Gasteiger partial charge in [-0.05, 0) is 0 Å². The normalized spacial score (nSPS) is 3.00. The van der Waals surface area contributed by atoms with Gasteiger partial charge in [-0.1, -0.05) is 157 Å². The Balaban J connectivity index is -0.00000000171. The molecule has 0 aromatic rings. The molecule has 0 aliphatic carbocycles. The van der Waals surface area contributed by atoms with Gasteiger partial charge in [0.05, 0.1) is 0 Å². The van der Waals surface area contributed by atoms with E-state index in [2.05, 4.69) is 13.8 Å². The van der Waals surface area contributed by atoms with Crippen molar-refractivity contribution in [1.29, 1.82) is 0 Å². The van der Waals surface area contributed by atoms with E-state index < -0.39 is 0 Å². The molecule has 0 amide bonds. The molecule has 164 valence electrons. The van der Waals surface area contributed by atoms with E-state index in [0.717, 1.165) is 0 Å². The zero-order chi connectivity index (χ0) is 5.54. The second-order valence-corrected chi connectivity index (χ2v) is 2.06. The first-order valence-electron chi connectivity index (χ1n) is 3.41. The maximum Gasteiger partial charge on any atom is -0.0533 e. The molecule has 0 heterocycles. The minimum atomic E-state index is 0. The molecule has 0 aliphatic rings. The molecule has 0 saturated carbocycles. The maximum absolute atomic E-state index is 2.25. The van der Waals surface area contributed by atoms with Crippen LogP contribution in [0, 0.1) is 0 Å². The van der Waals surface area contributed by atoms with E-state index in [9.17, 15) is 0 Å². The summed E-state index contributed by atoms with van der Waals surface area (Å²) >= 11 is 0. The molecule has 22 heavy (non-hydrogen) atoms. The molecule has 0 aromatic heterocycles. The van der Waals surface area contributed by atoms with Gasteiger partial charge in [-0.2, -0.15) is 0 Å². The third-order valence-electron chi connectivity index (χ3n) is 1.21. The first-order chi connectivity index (χ1) is 3.41. The van der Waals surface area contributed by atoms with Gasteiger partial charge in [0.15, 0.2) is 0 Å². The van der Waals surface area contributed by atoms with Crippen LogP contribution in [0.25, 0.3) is 0 Å². The molecular formula is C22H76. The lowest BCUT2D eigenvalue weighted by Crippen LogP contribution is -1.70. The van der Waals surface area contributed by atoms with Crippen molar-refractivity contribution < 1.29 is 0 Å². The molecule has 0 aliphatic heterocycles. The summed E-state index contributed by atoms with van der Waals surface area (Å²) in [7, 11) is 0. The fraction of sp³-hybridized carbons (Fsp3) is 1.00. The predicted octanol–water partition coefficient (Wildman–Crippen LogP) is 12.5. The minimum absolute atomic E-state index is 0. The van der Waals surface area contributed by atoms with Crippen molar-refractivity contribution in [2.24, 2.45) is 0 Å². The Labute approximate surface area is 157 Å². The van der Waals surface area contributed by atoms with E-state index in [1.54, 1.807) is 0 Å². The summed E-state index contributed by atoms with van der Waals surface area (Å²) in [4.78, 5) is 0. The second kappa shape index (κ2) is 336. The van der Waals surface area contributed by atoms with Crippen LogP contribution in [-0.4, -0.2) is 0 Å². The van der Waals surface area contributed by atoms with Crippen LogP contribution in [-0.2, 0) is 0 Å². The van der Waals surface area contributed by atoms with E-state index in [4.69, 9.17) is 0 Å². The van der Waals surface area contributed by atoms with Crippen molar-refractivity contribution in [2.45, 2.75) is 157 Å². The van der Waals surface area contributed by atoms with E-state index >= 15 is 0 Å². The SMILES string of the molecule is C.C.C.C.C.C.C.C.C.C.C.C.C.C.C.CCCCCCC. The third-order valence-corrected chi connectivity index (χ3v) is 1.21. The number of rotatable bonds is 4. The van der Waals surface area contributed by atoms with Crippen LogP contribution in [0.15, 0.2) is 0 Å². The van der Waals surface area contributed by atoms with Crippen LogP contribution in [0.2, 0.25) is 0 Å². The van der Waals surface area contributed by atoms with Gasteiger partial charge in [0.2, 0.25) is 0 Å². The Morgan fingerprint density at radius 3 is 0.500 bits per heavy atom. The molecule has 0 N–H and O–H groups in total. The topological polar surface area (TPSA) is 0 Å². The molecule has 0 saturated heterocycles. The minimum Gasteiger partial charge on any atom is -0.0776 e. The van der Waals surface area contributed by atoms with E-state index in [0.29, 0.717) is 0 Å². The average molecular weight is 341 g/mol. The molecule has 0 rings (SSSR count). The summed E-state index contributed by atoms with van der Waals surface area (Å²) in [6.45, 7) is 4.49. The van der Waals surface area contributed by atoms with E-state index in [1.165, 1.54) is 32.1 Å². The van der Waals surface area contributed by atoms with Crippen molar-refractivity contribution in [2.75, 3.05) is 0 Å². The molecule has 0 radical (unpaired) electrons. The number of hydrogen-bond acceptors (Lipinski definition) is 0. The summed E-state index contributed by atoms with van der Waals surface area (Å²) in [5.74, 6) is 0. The number of unbranched alkanes of at least 4 members (excludes halogenated alkanes) is 4. The molecule has 0 fully saturated rings. The van der Waals surface area contributed by atoms with Gasteiger partial charge in [-0.25, -0.2) is 0 Å². The monoisotopic (exact) mass is 341 g/mol. The number of hydrogen-bond donors (Lipinski definition) is 0. The highest BCUT2D eigenvalue weighted by atomic mass is 13.9. The summed E-state index contributed by atoms with van der Waals surface area (Å²) in [5.41, 5.74) is 0. The second-order valence-electron chi connectivity index (χ2n) is 2.06. The molecule has 0 nitrogen and oxygen atoms in total. The maximum atomic E-state index is 2.25. The molecule has 0 aromatic carbocycles.